The zero-order valence-electron chi connectivity index (χ0n) is 12.6. The van der Waals surface area contributed by atoms with Crippen molar-refractivity contribution in [3.8, 4) is 0 Å². The summed E-state index contributed by atoms with van der Waals surface area (Å²) in [6, 6.07) is 3.67. The van der Waals surface area contributed by atoms with Crippen molar-refractivity contribution >= 4 is 21.4 Å². The Kier molecular flexibility index (Phi) is 5.30. The molecule has 118 valence electrons. The molecule has 0 saturated carbocycles. The van der Waals surface area contributed by atoms with E-state index < -0.39 is 14.9 Å². The van der Waals surface area contributed by atoms with E-state index in [0.717, 1.165) is 0 Å². The smallest absolute Gasteiger partial charge is 0.271 e. The number of rotatable bonds is 6. The van der Waals surface area contributed by atoms with E-state index in [0.29, 0.717) is 6.54 Å². The number of nitro groups is 1. The molecule has 0 atom stereocenters. The van der Waals surface area contributed by atoms with Gasteiger partial charge in [-0.15, -0.1) is 0 Å². The van der Waals surface area contributed by atoms with Gasteiger partial charge in [0.25, 0.3) is 5.69 Å². The van der Waals surface area contributed by atoms with Crippen molar-refractivity contribution in [1.82, 2.24) is 4.72 Å². The summed E-state index contributed by atoms with van der Waals surface area (Å²) in [6.45, 7) is 8.27. The van der Waals surface area contributed by atoms with Crippen LogP contribution in [0.5, 0.6) is 0 Å². The highest BCUT2D eigenvalue weighted by atomic mass is 32.2. The van der Waals surface area contributed by atoms with Crippen molar-refractivity contribution in [2.24, 2.45) is 5.41 Å². The normalized spacial score (nSPS) is 12.2. The van der Waals surface area contributed by atoms with Crippen molar-refractivity contribution in [3.05, 3.63) is 28.3 Å². The van der Waals surface area contributed by atoms with Crippen molar-refractivity contribution in [2.45, 2.75) is 32.6 Å². The molecule has 1 rings (SSSR count). The van der Waals surface area contributed by atoms with Gasteiger partial charge in [0.05, 0.1) is 10.6 Å². The predicted octanol–water partition coefficient (Wildman–Crippen LogP) is 2.35. The van der Waals surface area contributed by atoms with Crippen LogP contribution in [0.25, 0.3) is 0 Å². The van der Waals surface area contributed by atoms with Gasteiger partial charge in [0, 0.05) is 25.2 Å². The van der Waals surface area contributed by atoms with Gasteiger partial charge >= 0.3 is 0 Å². The second kappa shape index (κ2) is 6.40. The van der Waals surface area contributed by atoms with E-state index in [2.05, 4.69) is 10.0 Å². The molecule has 7 nitrogen and oxygen atoms in total. The summed E-state index contributed by atoms with van der Waals surface area (Å²) >= 11 is 0. The summed E-state index contributed by atoms with van der Waals surface area (Å²) in [7, 11) is -3.72. The summed E-state index contributed by atoms with van der Waals surface area (Å²) in [5.41, 5.74) is -0.125. The molecule has 0 aliphatic heterocycles. The average Bonchev–Trinajstić information content (AvgIpc) is 2.36. The van der Waals surface area contributed by atoms with Gasteiger partial charge in [0.1, 0.15) is 4.90 Å². The Morgan fingerprint density at radius 2 is 1.90 bits per heavy atom. The predicted molar refractivity (Wildman–Crippen MR) is 81.9 cm³/mol. The van der Waals surface area contributed by atoms with Crippen molar-refractivity contribution in [1.29, 1.82) is 0 Å². The molecule has 21 heavy (non-hydrogen) atoms. The topological polar surface area (TPSA) is 101 Å². The molecule has 0 unspecified atom stereocenters. The van der Waals surface area contributed by atoms with Crippen molar-refractivity contribution < 1.29 is 13.3 Å². The molecule has 0 aromatic heterocycles. The minimum absolute atomic E-state index is 0.0131. The molecular formula is C13H21N3O4S. The second-order valence-electron chi connectivity index (χ2n) is 5.85. The number of non-ortho nitro benzene ring substituents is 1. The molecule has 0 aliphatic carbocycles. The zero-order chi connectivity index (χ0) is 16.3. The fourth-order valence-electron chi connectivity index (χ4n) is 1.58. The van der Waals surface area contributed by atoms with Gasteiger partial charge in [0.2, 0.25) is 10.0 Å². The van der Waals surface area contributed by atoms with Crippen LogP contribution >= 0.6 is 0 Å². The standard InChI is InChI=1S/C13H21N3O4S/c1-5-14-11-8-10(16(17)18)6-7-12(11)21(19,20)15-9-13(2,3)4/h6-8,14-15H,5,9H2,1-4H3. The van der Waals surface area contributed by atoms with Gasteiger partial charge in [0.15, 0.2) is 0 Å². The monoisotopic (exact) mass is 315 g/mol. The van der Waals surface area contributed by atoms with E-state index in [1.165, 1.54) is 18.2 Å². The Morgan fingerprint density at radius 3 is 2.38 bits per heavy atom. The molecule has 0 saturated heterocycles. The van der Waals surface area contributed by atoms with Crippen LogP contribution in [0.1, 0.15) is 27.7 Å². The van der Waals surface area contributed by atoms with E-state index in [4.69, 9.17) is 0 Å². The van der Waals surface area contributed by atoms with Gasteiger partial charge in [-0.1, -0.05) is 20.8 Å². The number of hydrogen-bond donors (Lipinski definition) is 2. The van der Waals surface area contributed by atoms with Crippen molar-refractivity contribution in [3.63, 3.8) is 0 Å². The number of anilines is 1. The zero-order valence-corrected chi connectivity index (χ0v) is 13.5. The maximum atomic E-state index is 12.3. The number of hydrogen-bond acceptors (Lipinski definition) is 5. The number of sulfonamides is 1. The average molecular weight is 315 g/mol. The molecule has 2 N–H and O–H groups in total. The van der Waals surface area contributed by atoms with Crippen LogP contribution in [0, 0.1) is 15.5 Å². The summed E-state index contributed by atoms with van der Waals surface area (Å²) < 4.78 is 27.2. The first-order valence-electron chi connectivity index (χ1n) is 6.59. The molecule has 0 radical (unpaired) electrons. The van der Waals surface area contributed by atoms with Crippen LogP contribution in [-0.2, 0) is 10.0 Å². The van der Waals surface area contributed by atoms with E-state index in [1.807, 2.05) is 20.8 Å². The lowest BCUT2D eigenvalue weighted by molar-refractivity contribution is -0.384. The van der Waals surface area contributed by atoms with Crippen LogP contribution in [0.2, 0.25) is 0 Å². The molecule has 0 aliphatic rings. The summed E-state index contributed by atoms with van der Waals surface area (Å²) in [4.78, 5) is 10.2. The fraction of sp³-hybridized carbons (Fsp3) is 0.538. The Labute approximate surface area is 124 Å². The van der Waals surface area contributed by atoms with E-state index in [9.17, 15) is 18.5 Å². The molecule has 1 aromatic rings. The Hall–Kier alpha value is -1.67. The highest BCUT2D eigenvalue weighted by Crippen LogP contribution is 2.26. The fourth-order valence-corrected chi connectivity index (χ4v) is 3.03. The molecule has 0 bridgehead atoms. The Morgan fingerprint density at radius 1 is 1.29 bits per heavy atom. The second-order valence-corrected chi connectivity index (χ2v) is 7.59. The number of nitro benzene ring substituents is 1. The van der Waals surface area contributed by atoms with E-state index >= 15 is 0 Å². The molecule has 1 aromatic carbocycles. The first-order chi connectivity index (χ1) is 9.57. The summed E-state index contributed by atoms with van der Waals surface area (Å²) in [5, 5.41) is 13.6. The summed E-state index contributed by atoms with van der Waals surface area (Å²) in [5.74, 6) is 0. The highest BCUT2D eigenvalue weighted by Gasteiger charge is 2.23. The maximum absolute atomic E-state index is 12.3. The lowest BCUT2D eigenvalue weighted by Crippen LogP contribution is -2.32. The van der Waals surface area contributed by atoms with Crippen LogP contribution in [0.4, 0.5) is 11.4 Å². The van der Waals surface area contributed by atoms with Gasteiger partial charge in [-0.2, -0.15) is 0 Å². The third-order valence-electron chi connectivity index (χ3n) is 2.62. The molecule has 0 amide bonds. The molecular weight excluding hydrogens is 294 g/mol. The quantitative estimate of drug-likeness (QED) is 0.620. The molecule has 0 fully saturated rings. The summed E-state index contributed by atoms with van der Waals surface area (Å²) in [6.07, 6.45) is 0. The number of nitrogens with zero attached hydrogens (tertiary/aromatic N) is 1. The molecule has 0 spiro atoms. The van der Waals surface area contributed by atoms with Gasteiger partial charge in [-0.05, 0) is 18.4 Å². The first-order valence-corrected chi connectivity index (χ1v) is 8.07. The van der Waals surface area contributed by atoms with Gasteiger partial charge in [-0.25, -0.2) is 13.1 Å². The maximum Gasteiger partial charge on any atom is 0.271 e. The van der Waals surface area contributed by atoms with Crippen LogP contribution < -0.4 is 10.0 Å². The van der Waals surface area contributed by atoms with Crippen LogP contribution in [0.15, 0.2) is 23.1 Å². The SMILES string of the molecule is CCNc1cc([N+](=O)[O-])ccc1S(=O)(=O)NCC(C)(C)C. The number of nitrogens with one attached hydrogen (secondary N) is 2. The van der Waals surface area contributed by atoms with Crippen LogP contribution in [-0.4, -0.2) is 26.4 Å². The highest BCUT2D eigenvalue weighted by molar-refractivity contribution is 7.89. The number of benzene rings is 1. The van der Waals surface area contributed by atoms with Gasteiger partial charge in [-0.3, -0.25) is 10.1 Å². The Balaban J connectivity index is 3.18. The lowest BCUT2D eigenvalue weighted by Gasteiger charge is -2.19. The van der Waals surface area contributed by atoms with E-state index in [-0.39, 0.29) is 28.2 Å². The van der Waals surface area contributed by atoms with Crippen molar-refractivity contribution in [2.75, 3.05) is 18.4 Å². The molecule has 0 heterocycles. The van der Waals surface area contributed by atoms with Crippen LogP contribution in [0.3, 0.4) is 0 Å². The third-order valence-corrected chi connectivity index (χ3v) is 4.08. The minimum atomic E-state index is -3.72. The Bertz CT molecular complexity index is 621. The van der Waals surface area contributed by atoms with Gasteiger partial charge < -0.3 is 5.32 Å². The lowest BCUT2D eigenvalue weighted by atomic mass is 9.98. The molecule has 8 heteroatoms. The largest absolute Gasteiger partial charge is 0.384 e. The van der Waals surface area contributed by atoms with E-state index in [1.54, 1.807) is 6.92 Å². The first kappa shape index (κ1) is 17.4. The third kappa shape index (κ3) is 4.98. The minimum Gasteiger partial charge on any atom is -0.384 e.